The van der Waals surface area contributed by atoms with E-state index in [2.05, 4.69) is 10.5 Å². The van der Waals surface area contributed by atoms with Crippen LogP contribution in [-0.4, -0.2) is 29.3 Å². The molecule has 1 aromatic heterocycles. The number of hydrogen-bond donors (Lipinski definition) is 3. The summed E-state index contributed by atoms with van der Waals surface area (Å²) in [5.41, 5.74) is 5.46. The third-order valence-corrected chi connectivity index (χ3v) is 2.63. The van der Waals surface area contributed by atoms with Crippen molar-refractivity contribution in [3.63, 3.8) is 0 Å². The summed E-state index contributed by atoms with van der Waals surface area (Å²) in [6, 6.07) is 0. The van der Waals surface area contributed by atoms with Crippen molar-refractivity contribution in [2.24, 2.45) is 0 Å². The van der Waals surface area contributed by atoms with Gasteiger partial charge < -0.3 is 20.7 Å². The van der Waals surface area contributed by atoms with Crippen molar-refractivity contribution in [2.45, 2.75) is 18.8 Å². The molecule has 0 aliphatic carbocycles. The molecular formula is C9H13N3O3. The molecule has 82 valence electrons. The second-order valence-corrected chi connectivity index (χ2v) is 3.66. The Kier molecular flexibility index (Phi) is 2.59. The SMILES string of the molecule is Nc1noc(C2CCCNC2)c1C(=O)O. The fraction of sp³-hybridized carbons (Fsp3) is 0.556. The number of hydrogen-bond acceptors (Lipinski definition) is 5. The highest BCUT2D eigenvalue weighted by Crippen LogP contribution is 2.29. The summed E-state index contributed by atoms with van der Waals surface area (Å²) in [7, 11) is 0. The first-order chi connectivity index (χ1) is 7.20. The normalized spacial score (nSPS) is 21.5. The van der Waals surface area contributed by atoms with Crippen LogP contribution in [0.25, 0.3) is 0 Å². The first kappa shape index (κ1) is 9.97. The Bertz CT molecular complexity index is 369. The Balaban J connectivity index is 2.30. The van der Waals surface area contributed by atoms with Crippen LogP contribution >= 0.6 is 0 Å². The van der Waals surface area contributed by atoms with Gasteiger partial charge in [0.2, 0.25) is 0 Å². The van der Waals surface area contributed by atoms with Gasteiger partial charge in [0.15, 0.2) is 11.6 Å². The summed E-state index contributed by atoms with van der Waals surface area (Å²) in [6.45, 7) is 1.68. The van der Waals surface area contributed by atoms with Gasteiger partial charge in [-0.15, -0.1) is 0 Å². The van der Waals surface area contributed by atoms with E-state index in [0.29, 0.717) is 5.76 Å². The zero-order valence-electron chi connectivity index (χ0n) is 8.19. The average Bonchev–Trinajstić information content (AvgIpc) is 2.61. The van der Waals surface area contributed by atoms with Crippen LogP contribution in [-0.2, 0) is 0 Å². The lowest BCUT2D eigenvalue weighted by Gasteiger charge is -2.20. The molecule has 2 heterocycles. The highest BCUT2D eigenvalue weighted by molar-refractivity contribution is 5.93. The summed E-state index contributed by atoms with van der Waals surface area (Å²) in [5, 5.41) is 15.7. The van der Waals surface area contributed by atoms with E-state index in [-0.39, 0.29) is 17.3 Å². The number of nitrogen functional groups attached to an aromatic ring is 1. The molecule has 4 N–H and O–H groups in total. The summed E-state index contributed by atoms with van der Waals surface area (Å²) in [4.78, 5) is 10.9. The monoisotopic (exact) mass is 211 g/mol. The average molecular weight is 211 g/mol. The number of aromatic nitrogens is 1. The minimum Gasteiger partial charge on any atom is -0.477 e. The molecule has 0 amide bonds. The van der Waals surface area contributed by atoms with E-state index in [4.69, 9.17) is 15.4 Å². The lowest BCUT2D eigenvalue weighted by atomic mass is 9.94. The second kappa shape index (κ2) is 3.90. The quantitative estimate of drug-likeness (QED) is 0.655. The Labute approximate surface area is 86.4 Å². The summed E-state index contributed by atoms with van der Waals surface area (Å²) >= 11 is 0. The topological polar surface area (TPSA) is 101 Å². The van der Waals surface area contributed by atoms with E-state index in [1.807, 2.05) is 0 Å². The van der Waals surface area contributed by atoms with Crippen molar-refractivity contribution in [1.82, 2.24) is 10.5 Å². The Morgan fingerprint density at radius 3 is 3.07 bits per heavy atom. The van der Waals surface area contributed by atoms with Gasteiger partial charge in [0.05, 0.1) is 0 Å². The molecule has 0 bridgehead atoms. The molecule has 1 unspecified atom stereocenters. The Hall–Kier alpha value is -1.56. The second-order valence-electron chi connectivity index (χ2n) is 3.66. The number of carboxylic acid groups (broad SMARTS) is 1. The van der Waals surface area contributed by atoms with Gasteiger partial charge >= 0.3 is 5.97 Å². The summed E-state index contributed by atoms with van der Waals surface area (Å²) in [6.07, 6.45) is 1.91. The van der Waals surface area contributed by atoms with Crippen molar-refractivity contribution in [2.75, 3.05) is 18.8 Å². The smallest absolute Gasteiger partial charge is 0.343 e. The molecule has 1 aliphatic heterocycles. The number of nitrogens with zero attached hydrogens (tertiary/aromatic N) is 1. The minimum absolute atomic E-state index is 0.0173. The molecule has 0 radical (unpaired) electrons. The number of carbonyl (C=O) groups is 1. The predicted molar refractivity (Wildman–Crippen MR) is 52.7 cm³/mol. The number of nitrogens with two attached hydrogens (primary N) is 1. The minimum atomic E-state index is -1.07. The molecular weight excluding hydrogens is 198 g/mol. The Morgan fingerprint density at radius 2 is 2.47 bits per heavy atom. The highest BCUT2D eigenvalue weighted by atomic mass is 16.5. The van der Waals surface area contributed by atoms with Crippen LogP contribution in [0.2, 0.25) is 0 Å². The molecule has 2 rings (SSSR count). The maximum absolute atomic E-state index is 10.9. The molecule has 0 saturated carbocycles. The van der Waals surface area contributed by atoms with Crippen molar-refractivity contribution in [3.05, 3.63) is 11.3 Å². The number of aromatic carboxylic acids is 1. The maximum Gasteiger partial charge on any atom is 0.343 e. The third kappa shape index (κ3) is 1.80. The Morgan fingerprint density at radius 1 is 1.67 bits per heavy atom. The number of rotatable bonds is 2. The zero-order chi connectivity index (χ0) is 10.8. The van der Waals surface area contributed by atoms with Gasteiger partial charge in [0.25, 0.3) is 0 Å². The van der Waals surface area contributed by atoms with Crippen molar-refractivity contribution >= 4 is 11.8 Å². The fourth-order valence-electron chi connectivity index (χ4n) is 1.89. The molecule has 0 spiro atoms. The molecule has 1 aliphatic rings. The van der Waals surface area contributed by atoms with Crippen LogP contribution < -0.4 is 11.1 Å². The first-order valence-electron chi connectivity index (χ1n) is 4.89. The zero-order valence-corrected chi connectivity index (χ0v) is 8.19. The van der Waals surface area contributed by atoms with Crippen LogP contribution in [0.15, 0.2) is 4.52 Å². The molecule has 6 heteroatoms. The maximum atomic E-state index is 10.9. The van der Waals surface area contributed by atoms with Crippen molar-refractivity contribution < 1.29 is 14.4 Å². The molecule has 6 nitrogen and oxygen atoms in total. The van der Waals surface area contributed by atoms with E-state index in [1.165, 1.54) is 0 Å². The van der Waals surface area contributed by atoms with Crippen LogP contribution in [0, 0.1) is 0 Å². The molecule has 1 fully saturated rings. The lowest BCUT2D eigenvalue weighted by molar-refractivity contribution is 0.0694. The van der Waals surface area contributed by atoms with Crippen LogP contribution in [0.3, 0.4) is 0 Å². The van der Waals surface area contributed by atoms with Gasteiger partial charge in [0.1, 0.15) is 5.56 Å². The third-order valence-electron chi connectivity index (χ3n) is 2.63. The summed E-state index contributed by atoms with van der Waals surface area (Å²) in [5.74, 6) is -0.653. The van der Waals surface area contributed by atoms with Gasteiger partial charge in [0, 0.05) is 12.5 Å². The number of nitrogens with one attached hydrogen (secondary N) is 1. The lowest BCUT2D eigenvalue weighted by Crippen LogP contribution is -2.29. The summed E-state index contributed by atoms with van der Waals surface area (Å²) < 4.78 is 5.00. The standard InChI is InChI=1S/C9H13N3O3/c10-8-6(9(13)14)7(15-12-8)5-2-1-3-11-4-5/h5,11H,1-4H2,(H2,10,12)(H,13,14). The largest absolute Gasteiger partial charge is 0.477 e. The van der Waals surface area contributed by atoms with Crippen molar-refractivity contribution in [1.29, 1.82) is 0 Å². The number of carboxylic acids is 1. The van der Waals surface area contributed by atoms with Crippen LogP contribution in [0.4, 0.5) is 5.82 Å². The van der Waals surface area contributed by atoms with E-state index < -0.39 is 5.97 Å². The first-order valence-corrected chi connectivity index (χ1v) is 4.89. The van der Waals surface area contributed by atoms with Gasteiger partial charge in [-0.25, -0.2) is 4.79 Å². The van der Waals surface area contributed by atoms with Crippen molar-refractivity contribution in [3.8, 4) is 0 Å². The number of piperidine rings is 1. The number of anilines is 1. The van der Waals surface area contributed by atoms with Crippen LogP contribution in [0.1, 0.15) is 34.9 Å². The van der Waals surface area contributed by atoms with Gasteiger partial charge in [-0.1, -0.05) is 5.16 Å². The fourth-order valence-corrected chi connectivity index (χ4v) is 1.89. The predicted octanol–water partition coefficient (Wildman–Crippen LogP) is 0.422. The van der Waals surface area contributed by atoms with E-state index in [0.717, 1.165) is 25.9 Å². The van der Waals surface area contributed by atoms with E-state index >= 15 is 0 Å². The molecule has 1 aromatic rings. The molecule has 1 saturated heterocycles. The van der Waals surface area contributed by atoms with Crippen LogP contribution in [0.5, 0.6) is 0 Å². The van der Waals surface area contributed by atoms with Gasteiger partial charge in [-0.2, -0.15) is 0 Å². The molecule has 1 atom stereocenters. The van der Waals surface area contributed by atoms with E-state index in [9.17, 15) is 4.79 Å². The van der Waals surface area contributed by atoms with Gasteiger partial charge in [-0.05, 0) is 19.4 Å². The highest BCUT2D eigenvalue weighted by Gasteiger charge is 2.28. The molecule has 0 aromatic carbocycles. The van der Waals surface area contributed by atoms with E-state index in [1.54, 1.807) is 0 Å². The molecule has 15 heavy (non-hydrogen) atoms. The van der Waals surface area contributed by atoms with Gasteiger partial charge in [-0.3, -0.25) is 0 Å².